The van der Waals surface area contributed by atoms with Gasteiger partial charge >= 0.3 is 0 Å². The van der Waals surface area contributed by atoms with Crippen LogP contribution in [0.25, 0.3) is 0 Å². The molecular formula is C11H17FN4. The average Bonchev–Trinajstić information content (AvgIpc) is 2.33. The first kappa shape index (κ1) is 11.3. The molecule has 16 heavy (non-hydrogen) atoms. The first-order chi connectivity index (χ1) is 7.78. The van der Waals surface area contributed by atoms with Crippen LogP contribution in [0.3, 0.4) is 0 Å². The van der Waals surface area contributed by atoms with Gasteiger partial charge in [-0.05, 0) is 19.4 Å². The number of nitrogens with one attached hydrogen (secondary N) is 1. The molecule has 88 valence electrons. The third-order valence-electron chi connectivity index (χ3n) is 2.99. The molecule has 5 heteroatoms. The van der Waals surface area contributed by atoms with Crippen molar-refractivity contribution < 1.29 is 4.39 Å². The standard InChI is InChI=1S/C11H17FN4/c1-2-16-5-3-10(4-6-16)15-11-13-7-9(12)8-14-11/h7-8,10H,2-6H2,1H3,(H,13,14,15). The van der Waals surface area contributed by atoms with E-state index in [0.717, 1.165) is 32.5 Å². The first-order valence-electron chi connectivity index (χ1n) is 5.74. The Morgan fingerprint density at radius 1 is 1.38 bits per heavy atom. The smallest absolute Gasteiger partial charge is 0.222 e. The third-order valence-corrected chi connectivity index (χ3v) is 2.99. The topological polar surface area (TPSA) is 41.0 Å². The summed E-state index contributed by atoms with van der Waals surface area (Å²) in [5.74, 6) is 0.128. The zero-order valence-electron chi connectivity index (χ0n) is 9.49. The van der Waals surface area contributed by atoms with Gasteiger partial charge in [0.05, 0.1) is 12.4 Å². The van der Waals surface area contributed by atoms with E-state index in [1.54, 1.807) is 0 Å². The van der Waals surface area contributed by atoms with Crippen LogP contribution < -0.4 is 5.32 Å². The molecule has 0 saturated carbocycles. The number of hydrogen-bond donors (Lipinski definition) is 1. The van der Waals surface area contributed by atoms with Crippen molar-refractivity contribution in [2.24, 2.45) is 0 Å². The Morgan fingerprint density at radius 2 is 2.00 bits per heavy atom. The lowest BCUT2D eigenvalue weighted by Gasteiger charge is -2.31. The molecule has 2 heterocycles. The molecule has 0 aromatic carbocycles. The van der Waals surface area contributed by atoms with Crippen LogP contribution in [-0.4, -0.2) is 40.5 Å². The average molecular weight is 224 g/mol. The molecule has 0 aliphatic carbocycles. The van der Waals surface area contributed by atoms with Gasteiger partial charge in [0.25, 0.3) is 0 Å². The Labute approximate surface area is 94.9 Å². The van der Waals surface area contributed by atoms with Crippen LogP contribution in [0.2, 0.25) is 0 Å². The Bertz CT molecular complexity index is 319. The van der Waals surface area contributed by atoms with E-state index in [-0.39, 0.29) is 0 Å². The van der Waals surface area contributed by atoms with E-state index in [4.69, 9.17) is 0 Å². The highest BCUT2D eigenvalue weighted by molar-refractivity contribution is 5.24. The zero-order chi connectivity index (χ0) is 11.4. The molecule has 1 aliphatic rings. The second-order valence-corrected chi connectivity index (χ2v) is 4.08. The number of nitrogens with zero attached hydrogens (tertiary/aromatic N) is 3. The SMILES string of the molecule is CCN1CCC(Nc2ncc(F)cn2)CC1. The quantitative estimate of drug-likeness (QED) is 0.845. The van der Waals surface area contributed by atoms with Crippen molar-refractivity contribution in [1.29, 1.82) is 0 Å². The zero-order valence-corrected chi connectivity index (χ0v) is 9.49. The summed E-state index contributed by atoms with van der Waals surface area (Å²) in [5, 5.41) is 3.24. The van der Waals surface area contributed by atoms with Gasteiger partial charge in [0.2, 0.25) is 5.95 Å². The van der Waals surface area contributed by atoms with Crippen molar-refractivity contribution in [1.82, 2.24) is 14.9 Å². The van der Waals surface area contributed by atoms with Gasteiger partial charge in [-0.1, -0.05) is 6.92 Å². The maximum Gasteiger partial charge on any atom is 0.222 e. The molecule has 1 aromatic heterocycles. The van der Waals surface area contributed by atoms with Gasteiger partial charge in [0.15, 0.2) is 5.82 Å². The van der Waals surface area contributed by atoms with Crippen LogP contribution in [0, 0.1) is 5.82 Å². The van der Waals surface area contributed by atoms with Crippen LogP contribution in [0.1, 0.15) is 19.8 Å². The fourth-order valence-electron chi connectivity index (χ4n) is 1.96. The summed E-state index contributed by atoms with van der Waals surface area (Å²) in [5.41, 5.74) is 0. The molecule has 1 aromatic rings. The van der Waals surface area contributed by atoms with Gasteiger partial charge in [-0.15, -0.1) is 0 Å². The van der Waals surface area contributed by atoms with Gasteiger partial charge in [-0.2, -0.15) is 0 Å². The van der Waals surface area contributed by atoms with Crippen molar-refractivity contribution in [3.8, 4) is 0 Å². The molecule has 2 rings (SSSR count). The van der Waals surface area contributed by atoms with Gasteiger partial charge in [0.1, 0.15) is 0 Å². The number of likely N-dealkylation sites (tertiary alicyclic amines) is 1. The molecular weight excluding hydrogens is 207 g/mol. The fraction of sp³-hybridized carbons (Fsp3) is 0.636. The van der Waals surface area contributed by atoms with Crippen molar-refractivity contribution in [2.45, 2.75) is 25.8 Å². The minimum Gasteiger partial charge on any atom is -0.351 e. The monoisotopic (exact) mass is 224 g/mol. The summed E-state index contributed by atoms with van der Waals surface area (Å²) < 4.78 is 12.6. The predicted octanol–water partition coefficient (Wildman–Crippen LogP) is 1.51. The van der Waals surface area contributed by atoms with E-state index in [9.17, 15) is 4.39 Å². The van der Waals surface area contributed by atoms with E-state index in [2.05, 4.69) is 27.1 Å². The second-order valence-electron chi connectivity index (χ2n) is 4.08. The molecule has 0 bridgehead atoms. The lowest BCUT2D eigenvalue weighted by atomic mass is 10.1. The minimum atomic E-state index is -0.397. The minimum absolute atomic E-state index is 0.397. The number of rotatable bonds is 3. The molecule has 4 nitrogen and oxygen atoms in total. The maximum absolute atomic E-state index is 12.6. The van der Waals surface area contributed by atoms with Crippen LogP contribution in [-0.2, 0) is 0 Å². The van der Waals surface area contributed by atoms with Crippen LogP contribution in [0.5, 0.6) is 0 Å². The van der Waals surface area contributed by atoms with E-state index < -0.39 is 5.82 Å². The molecule has 1 N–H and O–H groups in total. The maximum atomic E-state index is 12.6. The summed E-state index contributed by atoms with van der Waals surface area (Å²) in [6.45, 7) is 5.50. The fourth-order valence-corrected chi connectivity index (χ4v) is 1.96. The third kappa shape index (κ3) is 2.88. The summed E-state index contributed by atoms with van der Waals surface area (Å²) >= 11 is 0. The van der Waals surface area contributed by atoms with Crippen molar-refractivity contribution in [3.63, 3.8) is 0 Å². The Morgan fingerprint density at radius 3 is 2.56 bits per heavy atom. The normalized spacial score (nSPS) is 18.6. The van der Waals surface area contributed by atoms with Crippen molar-refractivity contribution >= 4 is 5.95 Å². The van der Waals surface area contributed by atoms with Gasteiger partial charge in [-0.25, -0.2) is 14.4 Å². The first-order valence-corrected chi connectivity index (χ1v) is 5.74. The lowest BCUT2D eigenvalue weighted by Crippen LogP contribution is -2.39. The van der Waals surface area contributed by atoms with E-state index in [0.29, 0.717) is 12.0 Å². The molecule has 0 spiro atoms. The highest BCUT2D eigenvalue weighted by Gasteiger charge is 2.18. The van der Waals surface area contributed by atoms with Crippen molar-refractivity contribution in [3.05, 3.63) is 18.2 Å². The van der Waals surface area contributed by atoms with Gasteiger partial charge in [0, 0.05) is 19.1 Å². The summed E-state index contributed by atoms with van der Waals surface area (Å²) in [6, 6.07) is 0.410. The molecule has 1 saturated heterocycles. The van der Waals surface area contributed by atoms with E-state index >= 15 is 0 Å². The summed E-state index contributed by atoms with van der Waals surface area (Å²) in [7, 11) is 0. The highest BCUT2D eigenvalue weighted by Crippen LogP contribution is 2.13. The number of aromatic nitrogens is 2. The number of hydrogen-bond acceptors (Lipinski definition) is 4. The molecule has 0 amide bonds. The van der Waals surface area contributed by atoms with Crippen LogP contribution in [0.4, 0.5) is 10.3 Å². The summed E-state index contributed by atoms with van der Waals surface area (Å²) in [4.78, 5) is 10.2. The Kier molecular flexibility index (Phi) is 3.66. The van der Waals surface area contributed by atoms with Gasteiger partial charge < -0.3 is 10.2 Å². The van der Waals surface area contributed by atoms with E-state index in [1.165, 1.54) is 12.4 Å². The molecule has 0 radical (unpaired) electrons. The Hall–Kier alpha value is -1.23. The lowest BCUT2D eigenvalue weighted by molar-refractivity contribution is 0.229. The number of halogens is 1. The number of anilines is 1. The molecule has 1 fully saturated rings. The summed E-state index contributed by atoms with van der Waals surface area (Å²) in [6.07, 6.45) is 4.57. The highest BCUT2D eigenvalue weighted by atomic mass is 19.1. The largest absolute Gasteiger partial charge is 0.351 e. The Balaban J connectivity index is 1.84. The van der Waals surface area contributed by atoms with Crippen molar-refractivity contribution in [2.75, 3.05) is 25.0 Å². The second kappa shape index (κ2) is 5.21. The van der Waals surface area contributed by atoms with Gasteiger partial charge in [-0.3, -0.25) is 0 Å². The van der Waals surface area contributed by atoms with Crippen LogP contribution in [0.15, 0.2) is 12.4 Å². The molecule has 0 atom stereocenters. The van der Waals surface area contributed by atoms with Crippen LogP contribution >= 0.6 is 0 Å². The molecule has 1 aliphatic heterocycles. The molecule has 0 unspecified atom stereocenters. The predicted molar refractivity (Wildman–Crippen MR) is 60.7 cm³/mol. The van der Waals surface area contributed by atoms with E-state index in [1.807, 2.05) is 0 Å². The number of piperidine rings is 1.